The number of aromatic amines is 1. The van der Waals surface area contributed by atoms with Crippen molar-refractivity contribution in [2.45, 2.75) is 4.90 Å². The molecule has 0 unspecified atom stereocenters. The normalized spacial score (nSPS) is 10.5. The lowest BCUT2D eigenvalue weighted by atomic mass is 10.2. The fraction of sp³-hybridized carbons (Fsp3) is 0.0769. The molecule has 0 radical (unpaired) electrons. The molecule has 4 N–H and O–H groups in total. The van der Waals surface area contributed by atoms with Gasteiger partial charge in [-0.05, 0) is 18.2 Å². The molecule has 1 heterocycles. The molecule has 0 aliphatic carbocycles. The van der Waals surface area contributed by atoms with Gasteiger partial charge < -0.3 is 5.73 Å². The van der Waals surface area contributed by atoms with Gasteiger partial charge in [0.1, 0.15) is 4.90 Å². The third-order valence-corrected chi connectivity index (χ3v) is 3.83. The number of hydrogen-bond acceptors (Lipinski definition) is 5. The van der Waals surface area contributed by atoms with Gasteiger partial charge in [-0.3, -0.25) is 9.52 Å². The minimum atomic E-state index is -3.87. The number of hydrogen-bond donors (Lipinski definition) is 3. The summed E-state index contributed by atoms with van der Waals surface area (Å²) >= 11 is 0. The van der Waals surface area contributed by atoms with Crippen LogP contribution in [0.15, 0.2) is 46.1 Å². The van der Waals surface area contributed by atoms with Crippen LogP contribution in [0.4, 0.5) is 5.82 Å². The second-order valence-corrected chi connectivity index (χ2v) is 5.56. The second-order valence-electron chi connectivity index (χ2n) is 3.91. The van der Waals surface area contributed by atoms with Crippen LogP contribution in [0, 0.1) is 11.8 Å². The zero-order valence-corrected chi connectivity index (χ0v) is 11.6. The molecule has 0 aliphatic rings. The van der Waals surface area contributed by atoms with Crippen LogP contribution in [0.25, 0.3) is 0 Å². The van der Waals surface area contributed by atoms with Crippen LogP contribution in [0.1, 0.15) is 5.56 Å². The highest BCUT2D eigenvalue weighted by Gasteiger charge is 2.18. The number of aromatic nitrogens is 2. The van der Waals surface area contributed by atoms with Gasteiger partial charge in [0, 0.05) is 11.6 Å². The van der Waals surface area contributed by atoms with Crippen LogP contribution in [0.3, 0.4) is 0 Å². The van der Waals surface area contributed by atoms with Crippen molar-refractivity contribution in [3.05, 3.63) is 52.3 Å². The molecule has 0 amide bonds. The van der Waals surface area contributed by atoms with E-state index < -0.39 is 15.6 Å². The maximum atomic E-state index is 12.3. The van der Waals surface area contributed by atoms with E-state index >= 15 is 0 Å². The molecule has 0 saturated heterocycles. The molecule has 2 aromatic rings. The lowest BCUT2D eigenvalue weighted by molar-refractivity contribution is 0.600. The maximum Gasteiger partial charge on any atom is 0.264 e. The molecule has 0 spiro atoms. The number of H-pyrrole nitrogens is 1. The van der Waals surface area contributed by atoms with Crippen molar-refractivity contribution in [3.8, 4) is 11.8 Å². The average molecular weight is 304 g/mol. The number of nitrogens with zero attached hydrogens (tertiary/aromatic N) is 1. The molecule has 1 aromatic heterocycles. The van der Waals surface area contributed by atoms with Crippen molar-refractivity contribution in [3.63, 3.8) is 0 Å². The summed E-state index contributed by atoms with van der Waals surface area (Å²) < 4.78 is 26.9. The summed E-state index contributed by atoms with van der Waals surface area (Å²) in [7, 11) is -3.87. The Morgan fingerprint density at radius 2 is 2.00 bits per heavy atom. The summed E-state index contributed by atoms with van der Waals surface area (Å²) in [5, 5.41) is 5.74. The van der Waals surface area contributed by atoms with Crippen LogP contribution in [-0.2, 0) is 10.0 Å². The molecule has 7 nitrogen and oxygen atoms in total. The summed E-state index contributed by atoms with van der Waals surface area (Å²) in [6.45, 7) is 0.128. The zero-order valence-electron chi connectivity index (χ0n) is 10.8. The van der Waals surface area contributed by atoms with E-state index in [1.807, 2.05) is 0 Å². The summed E-state index contributed by atoms with van der Waals surface area (Å²) in [4.78, 5) is 10.9. The van der Waals surface area contributed by atoms with Crippen LogP contribution >= 0.6 is 0 Å². The number of benzene rings is 1. The van der Waals surface area contributed by atoms with Crippen molar-refractivity contribution < 1.29 is 8.42 Å². The molecule has 108 valence electrons. The SMILES string of the molecule is NCC#Cc1ccccc1S(=O)(=O)Nc1ccc(=O)[nH]n1. The molecule has 0 saturated carbocycles. The predicted molar refractivity (Wildman–Crippen MR) is 78.0 cm³/mol. The monoisotopic (exact) mass is 304 g/mol. The Morgan fingerprint density at radius 3 is 2.67 bits per heavy atom. The highest BCUT2D eigenvalue weighted by atomic mass is 32.2. The standard InChI is InChI=1S/C13H12N4O3S/c14-9-3-5-10-4-1-2-6-11(10)21(19,20)17-12-7-8-13(18)16-15-12/h1-2,4,6-8H,9,14H2,(H,15,17)(H,16,18). The van der Waals surface area contributed by atoms with E-state index in [1.165, 1.54) is 18.2 Å². The molecule has 2 rings (SSSR count). The molecule has 1 aromatic carbocycles. The number of rotatable bonds is 3. The molecule has 0 bridgehead atoms. The van der Waals surface area contributed by atoms with Gasteiger partial charge in [-0.25, -0.2) is 13.5 Å². The van der Waals surface area contributed by atoms with E-state index in [4.69, 9.17) is 5.73 Å². The first-order chi connectivity index (χ1) is 10.0. The number of sulfonamides is 1. The zero-order chi connectivity index (χ0) is 15.3. The summed E-state index contributed by atoms with van der Waals surface area (Å²) in [5.41, 5.74) is 5.20. The van der Waals surface area contributed by atoms with Crippen molar-refractivity contribution in [1.82, 2.24) is 10.2 Å². The van der Waals surface area contributed by atoms with Gasteiger partial charge in [0.05, 0.1) is 6.54 Å². The van der Waals surface area contributed by atoms with E-state index in [2.05, 4.69) is 26.8 Å². The van der Waals surface area contributed by atoms with E-state index in [1.54, 1.807) is 18.2 Å². The fourth-order valence-corrected chi connectivity index (χ4v) is 2.71. The lowest BCUT2D eigenvalue weighted by Gasteiger charge is -2.08. The highest BCUT2D eigenvalue weighted by molar-refractivity contribution is 7.92. The number of nitrogens with one attached hydrogen (secondary N) is 2. The predicted octanol–water partition coefficient (Wildman–Crippen LogP) is -0.119. The average Bonchev–Trinajstić information content (AvgIpc) is 2.47. The van der Waals surface area contributed by atoms with Gasteiger partial charge in [-0.2, -0.15) is 5.10 Å². The van der Waals surface area contributed by atoms with Gasteiger partial charge in [0.2, 0.25) is 0 Å². The van der Waals surface area contributed by atoms with Crippen LogP contribution in [0.5, 0.6) is 0 Å². The first-order valence-corrected chi connectivity index (χ1v) is 7.38. The van der Waals surface area contributed by atoms with Gasteiger partial charge >= 0.3 is 0 Å². The second kappa shape index (κ2) is 6.21. The Labute approximate surface area is 121 Å². The summed E-state index contributed by atoms with van der Waals surface area (Å²) in [5.74, 6) is 5.32. The van der Waals surface area contributed by atoms with Gasteiger partial charge in [0.25, 0.3) is 15.6 Å². The Bertz CT molecular complexity index is 842. The molecule has 21 heavy (non-hydrogen) atoms. The van der Waals surface area contributed by atoms with Crippen LogP contribution in [-0.4, -0.2) is 25.2 Å². The Kier molecular flexibility index (Phi) is 4.37. The summed E-state index contributed by atoms with van der Waals surface area (Å²) in [6.07, 6.45) is 0. The third-order valence-electron chi connectivity index (χ3n) is 2.42. The topological polar surface area (TPSA) is 118 Å². The van der Waals surface area contributed by atoms with Gasteiger partial charge in [-0.15, -0.1) is 0 Å². The minimum absolute atomic E-state index is 0.0104. The van der Waals surface area contributed by atoms with E-state index in [-0.39, 0.29) is 17.3 Å². The van der Waals surface area contributed by atoms with E-state index in [9.17, 15) is 13.2 Å². The first kappa shape index (κ1) is 14.8. The molecule has 0 fully saturated rings. The Balaban J connectivity index is 2.40. The van der Waals surface area contributed by atoms with E-state index in [0.29, 0.717) is 5.56 Å². The lowest BCUT2D eigenvalue weighted by Crippen LogP contribution is -2.17. The molecule has 0 atom stereocenters. The summed E-state index contributed by atoms with van der Waals surface area (Å²) in [6, 6.07) is 8.71. The smallest absolute Gasteiger partial charge is 0.264 e. The highest BCUT2D eigenvalue weighted by Crippen LogP contribution is 2.17. The van der Waals surface area contributed by atoms with E-state index in [0.717, 1.165) is 0 Å². The Hall–Kier alpha value is -2.63. The maximum absolute atomic E-state index is 12.3. The van der Waals surface area contributed by atoms with Crippen molar-refractivity contribution in [2.24, 2.45) is 5.73 Å². The Morgan fingerprint density at radius 1 is 1.24 bits per heavy atom. The van der Waals surface area contributed by atoms with Crippen molar-refractivity contribution in [2.75, 3.05) is 11.3 Å². The van der Waals surface area contributed by atoms with Gasteiger partial charge in [-0.1, -0.05) is 24.0 Å². The van der Waals surface area contributed by atoms with Crippen molar-refractivity contribution >= 4 is 15.8 Å². The van der Waals surface area contributed by atoms with Gasteiger partial charge in [0.15, 0.2) is 5.82 Å². The largest absolute Gasteiger partial charge is 0.320 e. The minimum Gasteiger partial charge on any atom is -0.320 e. The van der Waals surface area contributed by atoms with Crippen LogP contribution in [0.2, 0.25) is 0 Å². The molecule has 0 aliphatic heterocycles. The third kappa shape index (κ3) is 3.68. The molecule has 8 heteroatoms. The number of anilines is 1. The quantitative estimate of drug-likeness (QED) is 0.683. The molecular formula is C13H12N4O3S. The number of nitrogens with two attached hydrogens (primary N) is 1. The van der Waals surface area contributed by atoms with Crippen molar-refractivity contribution in [1.29, 1.82) is 0 Å². The fourth-order valence-electron chi connectivity index (χ4n) is 1.54. The first-order valence-electron chi connectivity index (χ1n) is 5.89. The van der Waals surface area contributed by atoms with Crippen LogP contribution < -0.4 is 16.0 Å². The molecular weight excluding hydrogens is 292 g/mol.